The van der Waals surface area contributed by atoms with Crippen LogP contribution in [0.2, 0.25) is 0 Å². The van der Waals surface area contributed by atoms with E-state index in [1.807, 2.05) is 24.4 Å². The minimum Gasteiger partial charge on any atom is -0.340 e. The number of aromatic nitrogens is 1. The second-order valence-corrected chi connectivity index (χ2v) is 8.62. The molecule has 3 aliphatic rings. The third kappa shape index (κ3) is 2.41. The predicted molar refractivity (Wildman–Crippen MR) is 96.5 cm³/mol. The fourth-order valence-electron chi connectivity index (χ4n) is 4.54. The van der Waals surface area contributed by atoms with Crippen LogP contribution in [0.3, 0.4) is 0 Å². The Morgan fingerprint density at radius 2 is 2.04 bits per heavy atom. The highest BCUT2D eigenvalue weighted by atomic mass is 32.1. The number of hydroxylamine groups is 1. The van der Waals surface area contributed by atoms with Gasteiger partial charge in [0.2, 0.25) is 0 Å². The Morgan fingerprint density at radius 3 is 2.81 bits per heavy atom. The molecule has 0 radical (unpaired) electrons. The number of hydrogen-bond acceptors (Lipinski definition) is 4. The van der Waals surface area contributed by atoms with Crippen LogP contribution in [0.15, 0.2) is 24.4 Å². The molecular formula is C19H21N3O3S. The van der Waals surface area contributed by atoms with Gasteiger partial charge in [-0.05, 0) is 55.9 Å². The average molecular weight is 371 g/mol. The number of carbonyl (C=O) groups excluding carboxylic acids is 2. The molecule has 2 aliphatic heterocycles. The van der Waals surface area contributed by atoms with Crippen LogP contribution in [-0.4, -0.2) is 32.5 Å². The SMILES string of the molecule is O=C(NO)c1cc2c(s1)CC1CCCC2N1C(=O)c1cccn1C1CC1. The summed E-state index contributed by atoms with van der Waals surface area (Å²) in [6.07, 6.45) is 8.14. The summed E-state index contributed by atoms with van der Waals surface area (Å²) in [4.78, 5) is 29.0. The molecular weight excluding hydrogens is 350 g/mol. The first-order valence-corrected chi connectivity index (χ1v) is 10.1. The van der Waals surface area contributed by atoms with E-state index in [-0.39, 0.29) is 18.0 Å². The monoisotopic (exact) mass is 371 g/mol. The minimum atomic E-state index is -0.473. The number of nitrogens with zero attached hydrogens (tertiary/aromatic N) is 2. The average Bonchev–Trinajstić information content (AvgIpc) is 3.22. The van der Waals surface area contributed by atoms with E-state index in [1.54, 1.807) is 5.48 Å². The van der Waals surface area contributed by atoms with Gasteiger partial charge in [-0.15, -0.1) is 11.3 Å². The third-order valence-corrected chi connectivity index (χ3v) is 7.04. The molecule has 1 saturated carbocycles. The lowest BCUT2D eigenvalue weighted by atomic mass is 9.83. The highest BCUT2D eigenvalue weighted by molar-refractivity contribution is 7.14. The van der Waals surface area contributed by atoms with Gasteiger partial charge in [0.05, 0.1) is 10.9 Å². The van der Waals surface area contributed by atoms with E-state index in [1.165, 1.54) is 16.2 Å². The van der Waals surface area contributed by atoms with Crippen LogP contribution < -0.4 is 5.48 Å². The van der Waals surface area contributed by atoms with Crippen LogP contribution in [0, 0.1) is 0 Å². The standard InChI is InChI=1S/C19H21N3O3S/c23-18(20-25)17-10-13-14-4-1-3-12(9-16(13)26-17)22(14)19(24)15-5-2-8-21(15)11-6-7-11/h2,5,8,10-12,14,25H,1,3-4,6-7,9H2,(H,20,23). The Kier molecular flexibility index (Phi) is 3.68. The maximum Gasteiger partial charge on any atom is 0.284 e. The molecule has 2 amide bonds. The molecule has 2 aromatic rings. The van der Waals surface area contributed by atoms with Crippen molar-refractivity contribution in [2.24, 2.45) is 0 Å². The second-order valence-electron chi connectivity index (χ2n) is 7.48. The van der Waals surface area contributed by atoms with Crippen molar-refractivity contribution < 1.29 is 14.8 Å². The van der Waals surface area contributed by atoms with Crippen molar-refractivity contribution in [2.75, 3.05) is 0 Å². The summed E-state index contributed by atoms with van der Waals surface area (Å²) in [7, 11) is 0. The molecule has 2 atom stereocenters. The number of rotatable bonds is 3. The van der Waals surface area contributed by atoms with E-state index >= 15 is 0 Å². The van der Waals surface area contributed by atoms with Gasteiger partial charge in [0, 0.05) is 29.6 Å². The minimum absolute atomic E-state index is 0.0315. The summed E-state index contributed by atoms with van der Waals surface area (Å²) in [5, 5.41) is 8.93. The molecule has 0 spiro atoms. The molecule has 2 bridgehead atoms. The van der Waals surface area contributed by atoms with E-state index < -0.39 is 5.91 Å². The fraction of sp³-hybridized carbons (Fsp3) is 0.474. The molecule has 1 aliphatic carbocycles. The van der Waals surface area contributed by atoms with Gasteiger partial charge < -0.3 is 9.47 Å². The fourth-order valence-corrected chi connectivity index (χ4v) is 5.71. The molecule has 1 saturated heterocycles. The topological polar surface area (TPSA) is 74.6 Å². The molecule has 4 heterocycles. The van der Waals surface area contributed by atoms with E-state index in [2.05, 4.69) is 9.47 Å². The Bertz CT molecular complexity index is 882. The quantitative estimate of drug-likeness (QED) is 0.642. The maximum atomic E-state index is 13.4. The van der Waals surface area contributed by atoms with Crippen LogP contribution in [-0.2, 0) is 6.42 Å². The Balaban J connectivity index is 1.51. The summed E-state index contributed by atoms with van der Waals surface area (Å²) in [6, 6.07) is 6.46. The first-order valence-electron chi connectivity index (χ1n) is 9.24. The first-order chi connectivity index (χ1) is 12.7. The lowest BCUT2D eigenvalue weighted by Gasteiger charge is -2.46. The van der Waals surface area contributed by atoms with Gasteiger partial charge in [0.15, 0.2) is 0 Å². The molecule has 6 nitrogen and oxygen atoms in total. The molecule has 5 rings (SSSR count). The highest BCUT2D eigenvalue weighted by Crippen LogP contribution is 2.46. The van der Waals surface area contributed by atoms with Gasteiger partial charge in [-0.3, -0.25) is 14.8 Å². The predicted octanol–water partition coefficient (Wildman–Crippen LogP) is 3.30. The summed E-state index contributed by atoms with van der Waals surface area (Å²) in [6.45, 7) is 0. The second kappa shape index (κ2) is 5.96. The number of hydrogen-bond donors (Lipinski definition) is 2. The highest BCUT2D eigenvalue weighted by Gasteiger charge is 2.42. The van der Waals surface area contributed by atoms with Gasteiger partial charge in [-0.1, -0.05) is 0 Å². The zero-order valence-electron chi connectivity index (χ0n) is 14.4. The lowest BCUT2D eigenvalue weighted by Crippen LogP contribution is -2.49. The summed E-state index contributed by atoms with van der Waals surface area (Å²) in [5.41, 5.74) is 3.59. The summed E-state index contributed by atoms with van der Waals surface area (Å²) >= 11 is 1.44. The number of nitrogens with one attached hydrogen (secondary N) is 1. The zero-order valence-corrected chi connectivity index (χ0v) is 15.2. The van der Waals surface area contributed by atoms with E-state index in [0.717, 1.165) is 49.8 Å². The molecule has 0 aromatic carbocycles. The molecule has 2 N–H and O–H groups in total. The van der Waals surface area contributed by atoms with Crippen LogP contribution in [0.5, 0.6) is 0 Å². The van der Waals surface area contributed by atoms with Crippen LogP contribution in [0.25, 0.3) is 0 Å². The first kappa shape index (κ1) is 16.1. The Hall–Kier alpha value is -2.12. The van der Waals surface area contributed by atoms with Gasteiger partial charge in [-0.25, -0.2) is 5.48 Å². The molecule has 2 unspecified atom stereocenters. The van der Waals surface area contributed by atoms with Crippen molar-refractivity contribution >= 4 is 23.2 Å². The van der Waals surface area contributed by atoms with Crippen LogP contribution >= 0.6 is 11.3 Å². The van der Waals surface area contributed by atoms with Gasteiger partial charge in [-0.2, -0.15) is 0 Å². The molecule has 2 aromatic heterocycles. The molecule has 26 heavy (non-hydrogen) atoms. The van der Waals surface area contributed by atoms with Gasteiger partial charge in [0.25, 0.3) is 11.8 Å². The molecule has 7 heteroatoms. The maximum absolute atomic E-state index is 13.4. The van der Waals surface area contributed by atoms with Gasteiger partial charge >= 0.3 is 0 Å². The van der Waals surface area contributed by atoms with Crippen LogP contribution in [0.1, 0.15) is 74.8 Å². The van der Waals surface area contributed by atoms with Crippen molar-refractivity contribution in [2.45, 2.75) is 56.7 Å². The van der Waals surface area contributed by atoms with Crippen LogP contribution in [0.4, 0.5) is 0 Å². The van der Waals surface area contributed by atoms with E-state index in [9.17, 15) is 9.59 Å². The number of amides is 2. The van der Waals surface area contributed by atoms with Gasteiger partial charge in [0.1, 0.15) is 5.69 Å². The molecule has 2 fully saturated rings. The zero-order chi connectivity index (χ0) is 17.8. The number of piperidine rings is 1. The number of thiophene rings is 1. The largest absolute Gasteiger partial charge is 0.340 e. The van der Waals surface area contributed by atoms with Crippen molar-refractivity contribution in [3.63, 3.8) is 0 Å². The normalized spacial score (nSPS) is 24.3. The number of carbonyl (C=O) groups is 2. The van der Waals surface area contributed by atoms with Crippen molar-refractivity contribution in [3.05, 3.63) is 45.4 Å². The third-order valence-electron chi connectivity index (χ3n) is 5.86. The summed E-state index contributed by atoms with van der Waals surface area (Å²) < 4.78 is 2.13. The number of fused-ring (bicyclic) bond motifs is 4. The van der Waals surface area contributed by atoms with E-state index in [0.29, 0.717) is 10.9 Å². The smallest absolute Gasteiger partial charge is 0.284 e. The summed E-state index contributed by atoms with van der Waals surface area (Å²) in [5.74, 6) is -0.360. The van der Waals surface area contributed by atoms with Crippen molar-refractivity contribution in [3.8, 4) is 0 Å². The van der Waals surface area contributed by atoms with Crippen molar-refractivity contribution in [1.29, 1.82) is 0 Å². The Labute approximate surface area is 155 Å². The van der Waals surface area contributed by atoms with E-state index in [4.69, 9.17) is 5.21 Å². The Morgan fingerprint density at radius 1 is 1.19 bits per heavy atom. The molecule has 136 valence electrons. The lowest BCUT2D eigenvalue weighted by molar-refractivity contribution is 0.0394. The van der Waals surface area contributed by atoms with Crippen molar-refractivity contribution in [1.82, 2.24) is 14.9 Å².